The minimum Gasteiger partial charge on any atom is -0.375 e. The summed E-state index contributed by atoms with van der Waals surface area (Å²) in [5, 5.41) is 8.69. The Morgan fingerprint density at radius 3 is 1.60 bits per heavy atom. The van der Waals surface area contributed by atoms with Crippen molar-refractivity contribution in [3.8, 4) is 16.8 Å². The molecular formula is C49H49BN2. The maximum atomic E-state index is 2.84. The van der Waals surface area contributed by atoms with Gasteiger partial charge in [0.25, 0.3) is 0 Å². The Labute approximate surface area is 308 Å². The number of fused-ring (bicyclic) bond motifs is 14. The zero-order valence-electron chi connectivity index (χ0n) is 33.8. The molecule has 2 aliphatic heterocycles. The Kier molecular flexibility index (Phi) is 6.02. The highest BCUT2D eigenvalue weighted by Gasteiger charge is 2.45. The Morgan fingerprint density at radius 1 is 0.404 bits per heavy atom. The minimum atomic E-state index is 0.0485. The average Bonchev–Trinajstić information content (AvgIpc) is 3.65. The molecule has 3 heteroatoms. The van der Waals surface area contributed by atoms with E-state index in [0.717, 1.165) is 0 Å². The maximum Gasteiger partial charge on any atom is 0.333 e. The highest BCUT2D eigenvalue weighted by molar-refractivity contribution is 6.90. The second-order valence-electron chi connectivity index (χ2n) is 17.0. The van der Waals surface area contributed by atoms with E-state index < -0.39 is 0 Å². The SMILES string of the molecule is Cc1ccc2c(c1)-n1c3cc(C)c(C)c(C)c3c3c4c(C)c(C)c(C)c(C)c4c4c(c31)B2n1c2c(C)c(C)c(C)c(C)c2c2c(C)c(C)c(C)c-4c21. The lowest BCUT2D eigenvalue weighted by atomic mass is 9.45. The summed E-state index contributed by atoms with van der Waals surface area (Å²) in [6, 6.07) is 9.79. The molecule has 0 N–H and O–H groups in total. The first-order valence-electron chi connectivity index (χ1n) is 19.3. The maximum absolute atomic E-state index is 2.84. The zero-order valence-corrected chi connectivity index (χ0v) is 33.8. The Bertz CT molecular complexity index is 3100. The van der Waals surface area contributed by atoms with E-state index in [2.05, 4.69) is 137 Å². The third-order valence-corrected chi connectivity index (χ3v) is 15.0. The van der Waals surface area contributed by atoms with Gasteiger partial charge in [-0.05, 0) is 227 Å². The van der Waals surface area contributed by atoms with Crippen LogP contribution in [0.1, 0.15) is 83.5 Å². The Hall–Kier alpha value is -4.76. The van der Waals surface area contributed by atoms with Crippen LogP contribution in [0.3, 0.4) is 0 Å². The monoisotopic (exact) mass is 676 g/mol. The van der Waals surface area contributed by atoms with Crippen molar-refractivity contribution < 1.29 is 0 Å². The predicted octanol–water partition coefficient (Wildman–Crippen LogP) is 11.6. The second-order valence-corrected chi connectivity index (χ2v) is 17.0. The van der Waals surface area contributed by atoms with E-state index in [0.29, 0.717) is 0 Å². The molecule has 0 spiro atoms. The molecule has 0 radical (unpaired) electrons. The first-order valence-corrected chi connectivity index (χ1v) is 19.3. The summed E-state index contributed by atoms with van der Waals surface area (Å²) in [5.74, 6) is 0. The molecule has 0 bridgehead atoms. The van der Waals surface area contributed by atoms with E-state index in [-0.39, 0.29) is 6.85 Å². The second kappa shape index (κ2) is 9.81. The van der Waals surface area contributed by atoms with Crippen LogP contribution in [0.4, 0.5) is 0 Å². The molecule has 0 fully saturated rings. The number of benzene rings is 6. The lowest BCUT2D eigenvalue weighted by Gasteiger charge is -2.36. The van der Waals surface area contributed by atoms with Gasteiger partial charge in [-0.15, -0.1) is 0 Å². The first kappa shape index (κ1) is 31.9. The summed E-state index contributed by atoms with van der Waals surface area (Å²) < 4.78 is 5.53. The normalized spacial score (nSPS) is 13.2. The fraction of sp³-hybridized carbons (Fsp3) is 0.306. The first-order chi connectivity index (χ1) is 24.6. The van der Waals surface area contributed by atoms with E-state index in [9.17, 15) is 0 Å². The molecule has 4 heterocycles. The van der Waals surface area contributed by atoms with Gasteiger partial charge in [0.15, 0.2) is 0 Å². The number of hydrogen-bond acceptors (Lipinski definition) is 0. The number of aryl methyl sites for hydroxylation is 8. The summed E-state index contributed by atoms with van der Waals surface area (Å²) in [7, 11) is 0. The smallest absolute Gasteiger partial charge is 0.333 e. The van der Waals surface area contributed by atoms with Gasteiger partial charge in [0, 0.05) is 43.8 Å². The van der Waals surface area contributed by atoms with Crippen molar-refractivity contribution in [1.82, 2.24) is 9.05 Å². The lowest BCUT2D eigenvalue weighted by Crippen LogP contribution is -2.55. The molecule has 2 nitrogen and oxygen atoms in total. The van der Waals surface area contributed by atoms with Gasteiger partial charge in [0.1, 0.15) is 0 Å². The molecular weight excluding hydrogens is 627 g/mol. The van der Waals surface area contributed by atoms with Crippen molar-refractivity contribution in [3.63, 3.8) is 0 Å². The van der Waals surface area contributed by atoms with Crippen LogP contribution < -0.4 is 10.9 Å². The van der Waals surface area contributed by atoms with Gasteiger partial charge in [-0.1, -0.05) is 12.1 Å². The fourth-order valence-corrected chi connectivity index (χ4v) is 11.1. The van der Waals surface area contributed by atoms with Crippen molar-refractivity contribution in [2.24, 2.45) is 0 Å². The van der Waals surface area contributed by atoms with Crippen LogP contribution in [0.5, 0.6) is 0 Å². The van der Waals surface area contributed by atoms with Gasteiger partial charge in [0.2, 0.25) is 0 Å². The zero-order chi connectivity index (χ0) is 36.9. The van der Waals surface area contributed by atoms with Gasteiger partial charge < -0.3 is 9.05 Å². The highest BCUT2D eigenvalue weighted by Crippen LogP contribution is 2.53. The Morgan fingerprint density at radius 2 is 0.942 bits per heavy atom. The predicted molar refractivity (Wildman–Crippen MR) is 228 cm³/mol. The van der Waals surface area contributed by atoms with Crippen LogP contribution in [-0.2, 0) is 0 Å². The van der Waals surface area contributed by atoms with Crippen LogP contribution in [-0.4, -0.2) is 15.9 Å². The Balaban J connectivity index is 1.67. The molecule has 10 rings (SSSR count). The lowest BCUT2D eigenvalue weighted by molar-refractivity contribution is 1.16. The summed E-state index contributed by atoms with van der Waals surface area (Å²) in [4.78, 5) is 0. The number of aromatic nitrogens is 2. The highest BCUT2D eigenvalue weighted by atomic mass is 15.0. The van der Waals surface area contributed by atoms with Crippen LogP contribution in [0.2, 0.25) is 0 Å². The molecule has 8 aromatic rings. The average molecular weight is 677 g/mol. The third kappa shape index (κ3) is 3.28. The molecule has 52 heavy (non-hydrogen) atoms. The van der Waals surface area contributed by atoms with E-state index >= 15 is 0 Å². The molecule has 2 aliphatic rings. The van der Waals surface area contributed by atoms with Gasteiger partial charge in [-0.25, -0.2) is 0 Å². The topological polar surface area (TPSA) is 9.86 Å². The molecule has 0 saturated heterocycles. The third-order valence-electron chi connectivity index (χ3n) is 15.0. The van der Waals surface area contributed by atoms with E-state index in [1.807, 2.05) is 0 Å². The summed E-state index contributed by atoms with van der Waals surface area (Å²) in [6.07, 6.45) is 0. The fourth-order valence-electron chi connectivity index (χ4n) is 11.1. The quantitative estimate of drug-likeness (QED) is 0.142. The van der Waals surface area contributed by atoms with Crippen LogP contribution in [0.25, 0.3) is 71.2 Å². The van der Waals surface area contributed by atoms with Gasteiger partial charge >= 0.3 is 6.85 Å². The standard InChI is InChI=1S/C49H49BN2/c1-20-16-17-35-36(18-20)51-37-19-21(2)22(3)28(9)38(37)45-40-30(11)24(5)23(4)29(10)39(40)44-43-33(14)27(8)32(13)42-41-31(12)25(6)26(7)34(15)47(41)52(48(42)43)50(35)46(44)49(45)51/h16-19H,1-15H3. The molecule has 0 aliphatic carbocycles. The van der Waals surface area contributed by atoms with Gasteiger partial charge in [-0.2, -0.15) is 0 Å². The van der Waals surface area contributed by atoms with Gasteiger partial charge in [0.05, 0.1) is 11.0 Å². The van der Waals surface area contributed by atoms with Gasteiger partial charge in [-0.3, -0.25) is 0 Å². The van der Waals surface area contributed by atoms with Crippen molar-refractivity contribution >= 4 is 72.2 Å². The summed E-state index contributed by atoms with van der Waals surface area (Å²) in [5.41, 5.74) is 33.9. The largest absolute Gasteiger partial charge is 0.375 e. The molecule has 2 aromatic heterocycles. The van der Waals surface area contributed by atoms with Crippen molar-refractivity contribution in [3.05, 3.63) is 108 Å². The molecule has 258 valence electrons. The molecule has 6 aromatic carbocycles. The van der Waals surface area contributed by atoms with E-state index in [1.54, 1.807) is 0 Å². The van der Waals surface area contributed by atoms with Crippen molar-refractivity contribution in [1.29, 1.82) is 0 Å². The molecule has 0 unspecified atom stereocenters. The van der Waals surface area contributed by atoms with Crippen LogP contribution in [0.15, 0.2) is 24.3 Å². The van der Waals surface area contributed by atoms with E-state index in [1.165, 1.54) is 166 Å². The number of rotatable bonds is 0. The minimum absolute atomic E-state index is 0.0485. The molecule has 0 atom stereocenters. The van der Waals surface area contributed by atoms with Crippen molar-refractivity contribution in [2.45, 2.75) is 104 Å². The summed E-state index contributed by atoms with van der Waals surface area (Å²) >= 11 is 0. The van der Waals surface area contributed by atoms with E-state index in [4.69, 9.17) is 0 Å². The number of hydrogen-bond donors (Lipinski definition) is 0. The van der Waals surface area contributed by atoms with Crippen LogP contribution in [0, 0.1) is 104 Å². The molecule has 0 saturated carbocycles. The van der Waals surface area contributed by atoms with Crippen LogP contribution >= 0.6 is 0 Å². The molecule has 0 amide bonds. The van der Waals surface area contributed by atoms with Crippen molar-refractivity contribution in [2.75, 3.05) is 0 Å². The number of nitrogens with zero attached hydrogens (tertiary/aromatic N) is 2. The summed E-state index contributed by atoms with van der Waals surface area (Å²) in [6.45, 7) is 35.5.